The molecular weight excluding hydrogens is 328 g/mol. The highest BCUT2D eigenvalue weighted by Crippen LogP contribution is 2.34. The van der Waals surface area contributed by atoms with Crippen molar-refractivity contribution in [2.24, 2.45) is 0 Å². The molecule has 7 heteroatoms. The summed E-state index contributed by atoms with van der Waals surface area (Å²) >= 11 is 7.38. The monoisotopic (exact) mass is 342 g/mol. The number of hydrogen-bond donors (Lipinski definition) is 1. The minimum Gasteiger partial charge on any atom is -0.398 e. The number of halogens is 1. The van der Waals surface area contributed by atoms with Crippen molar-refractivity contribution in [2.75, 3.05) is 19.8 Å². The Bertz CT molecular complexity index is 761. The van der Waals surface area contributed by atoms with Gasteiger partial charge in [-0.2, -0.15) is 0 Å². The number of nitrogens with zero attached hydrogens (tertiary/aromatic N) is 1. The Morgan fingerprint density at radius 2 is 1.86 bits per heavy atom. The fourth-order valence-corrected chi connectivity index (χ4v) is 3.74. The van der Waals surface area contributed by atoms with Gasteiger partial charge in [-0.1, -0.05) is 29.4 Å². The second-order valence-electron chi connectivity index (χ2n) is 4.55. The number of benzene rings is 2. The Labute approximate surface area is 134 Å². The summed E-state index contributed by atoms with van der Waals surface area (Å²) in [5, 5.41) is 0.644. The van der Waals surface area contributed by atoms with Crippen molar-refractivity contribution in [3.63, 3.8) is 0 Å². The molecular formula is C14H15ClN2O2S2. The molecule has 0 bridgehead atoms. The van der Waals surface area contributed by atoms with Crippen LogP contribution in [0.2, 0.25) is 5.02 Å². The maximum atomic E-state index is 12.0. The van der Waals surface area contributed by atoms with Crippen molar-refractivity contribution < 1.29 is 8.42 Å². The van der Waals surface area contributed by atoms with Crippen LogP contribution in [0.15, 0.2) is 57.2 Å². The van der Waals surface area contributed by atoms with E-state index in [2.05, 4.69) is 0 Å². The van der Waals surface area contributed by atoms with Crippen molar-refractivity contribution >= 4 is 39.1 Å². The van der Waals surface area contributed by atoms with Crippen LogP contribution < -0.4 is 5.73 Å². The highest BCUT2D eigenvalue weighted by molar-refractivity contribution is 7.99. The summed E-state index contributed by atoms with van der Waals surface area (Å²) in [5.41, 5.74) is 6.39. The molecule has 112 valence electrons. The van der Waals surface area contributed by atoms with E-state index in [4.69, 9.17) is 17.3 Å². The third kappa shape index (κ3) is 3.71. The Morgan fingerprint density at radius 1 is 1.14 bits per heavy atom. The summed E-state index contributed by atoms with van der Waals surface area (Å²) in [7, 11) is -0.500. The van der Waals surface area contributed by atoms with E-state index in [0.29, 0.717) is 10.7 Å². The fourth-order valence-electron chi connectivity index (χ4n) is 1.65. The van der Waals surface area contributed by atoms with Gasteiger partial charge in [-0.05, 0) is 36.4 Å². The topological polar surface area (TPSA) is 63.4 Å². The van der Waals surface area contributed by atoms with Crippen molar-refractivity contribution in [1.82, 2.24) is 4.31 Å². The molecule has 4 nitrogen and oxygen atoms in total. The number of sulfonamides is 1. The molecule has 2 aromatic carbocycles. The minimum absolute atomic E-state index is 0.181. The molecule has 0 aliphatic rings. The van der Waals surface area contributed by atoms with E-state index in [1.165, 1.54) is 31.9 Å². The van der Waals surface area contributed by atoms with E-state index in [1.54, 1.807) is 18.2 Å². The third-order valence-corrected chi connectivity index (χ3v) is 5.91. The summed E-state index contributed by atoms with van der Waals surface area (Å²) in [5.74, 6) is 0. The van der Waals surface area contributed by atoms with Crippen LogP contribution in [0.3, 0.4) is 0 Å². The first-order valence-corrected chi connectivity index (χ1v) is 8.69. The number of nitrogens with two attached hydrogens (primary N) is 1. The summed E-state index contributed by atoms with van der Waals surface area (Å²) in [6, 6.07) is 12.1. The molecule has 0 aromatic heterocycles. The average molecular weight is 343 g/mol. The molecule has 0 saturated carbocycles. The Balaban J connectivity index is 2.32. The summed E-state index contributed by atoms with van der Waals surface area (Å²) < 4.78 is 25.2. The standard InChI is InChI=1S/C14H15ClN2O2S2/c1-17(2)21(18,19)12-6-7-14(13(16)9-12)20-11-5-3-4-10(15)8-11/h3-9H,16H2,1-2H3. The van der Waals surface area contributed by atoms with Gasteiger partial charge >= 0.3 is 0 Å². The maximum absolute atomic E-state index is 12.0. The lowest BCUT2D eigenvalue weighted by Gasteiger charge is -2.13. The smallest absolute Gasteiger partial charge is 0.242 e. The zero-order chi connectivity index (χ0) is 15.6. The first-order valence-electron chi connectivity index (χ1n) is 6.06. The van der Waals surface area contributed by atoms with Gasteiger partial charge in [-0.3, -0.25) is 0 Å². The largest absolute Gasteiger partial charge is 0.398 e. The zero-order valence-electron chi connectivity index (χ0n) is 11.6. The lowest BCUT2D eigenvalue weighted by atomic mass is 10.3. The molecule has 0 spiro atoms. The molecule has 0 unspecified atom stereocenters. The fraction of sp³-hybridized carbons (Fsp3) is 0.143. The zero-order valence-corrected chi connectivity index (χ0v) is 14.0. The van der Waals surface area contributed by atoms with Gasteiger partial charge in [-0.15, -0.1) is 0 Å². The van der Waals surface area contributed by atoms with Crippen LogP contribution in [-0.4, -0.2) is 26.8 Å². The third-order valence-electron chi connectivity index (χ3n) is 2.78. The molecule has 0 aliphatic carbocycles. The Kier molecular flexibility index (Phi) is 4.83. The molecule has 21 heavy (non-hydrogen) atoms. The van der Waals surface area contributed by atoms with Crippen molar-refractivity contribution in [2.45, 2.75) is 14.7 Å². The molecule has 0 fully saturated rings. The van der Waals surface area contributed by atoms with Crippen molar-refractivity contribution in [3.8, 4) is 0 Å². The van der Waals surface area contributed by atoms with Crippen LogP contribution in [0.4, 0.5) is 5.69 Å². The molecule has 0 heterocycles. The van der Waals surface area contributed by atoms with E-state index in [0.717, 1.165) is 14.1 Å². The van der Waals surface area contributed by atoms with Crippen molar-refractivity contribution in [3.05, 3.63) is 47.5 Å². The van der Waals surface area contributed by atoms with Crippen LogP contribution in [0, 0.1) is 0 Å². The quantitative estimate of drug-likeness (QED) is 0.866. The first kappa shape index (κ1) is 16.2. The van der Waals surface area contributed by atoms with Gasteiger partial charge in [0, 0.05) is 34.6 Å². The molecule has 0 saturated heterocycles. The highest BCUT2D eigenvalue weighted by atomic mass is 35.5. The molecule has 0 amide bonds. The number of hydrogen-bond acceptors (Lipinski definition) is 4. The minimum atomic E-state index is -3.47. The second kappa shape index (κ2) is 6.27. The Hall–Kier alpha value is -1.21. The summed E-state index contributed by atoms with van der Waals surface area (Å²) in [4.78, 5) is 1.91. The maximum Gasteiger partial charge on any atom is 0.242 e. The molecule has 2 N–H and O–H groups in total. The van der Waals surface area contributed by atoms with Gasteiger partial charge in [-0.25, -0.2) is 12.7 Å². The van der Waals surface area contributed by atoms with Gasteiger partial charge in [0.15, 0.2) is 0 Å². The van der Waals surface area contributed by atoms with Gasteiger partial charge in [0.25, 0.3) is 0 Å². The lowest BCUT2D eigenvalue weighted by molar-refractivity contribution is 0.520. The van der Waals surface area contributed by atoms with E-state index in [9.17, 15) is 8.42 Å². The van der Waals surface area contributed by atoms with Crippen LogP contribution in [0.25, 0.3) is 0 Å². The van der Waals surface area contributed by atoms with E-state index in [-0.39, 0.29) is 4.90 Å². The van der Waals surface area contributed by atoms with Gasteiger partial charge in [0.1, 0.15) is 0 Å². The van der Waals surface area contributed by atoms with Crippen LogP contribution in [0.5, 0.6) is 0 Å². The second-order valence-corrected chi connectivity index (χ2v) is 8.25. The molecule has 2 aromatic rings. The molecule has 2 rings (SSSR count). The van der Waals surface area contributed by atoms with Gasteiger partial charge < -0.3 is 5.73 Å². The molecule has 0 atom stereocenters. The lowest BCUT2D eigenvalue weighted by Crippen LogP contribution is -2.22. The van der Waals surface area contributed by atoms with E-state index >= 15 is 0 Å². The van der Waals surface area contributed by atoms with Crippen LogP contribution in [0.1, 0.15) is 0 Å². The van der Waals surface area contributed by atoms with Crippen LogP contribution in [-0.2, 0) is 10.0 Å². The van der Waals surface area contributed by atoms with Crippen LogP contribution >= 0.6 is 23.4 Å². The Morgan fingerprint density at radius 3 is 2.43 bits per heavy atom. The van der Waals surface area contributed by atoms with Gasteiger partial charge in [0.2, 0.25) is 10.0 Å². The normalized spacial score (nSPS) is 11.8. The number of rotatable bonds is 4. The summed E-state index contributed by atoms with van der Waals surface area (Å²) in [6.07, 6.45) is 0. The highest BCUT2D eigenvalue weighted by Gasteiger charge is 2.18. The van der Waals surface area contributed by atoms with Crippen molar-refractivity contribution in [1.29, 1.82) is 0 Å². The van der Waals surface area contributed by atoms with Gasteiger partial charge in [0.05, 0.1) is 4.90 Å². The number of anilines is 1. The molecule has 0 aliphatic heterocycles. The SMILES string of the molecule is CN(C)S(=O)(=O)c1ccc(Sc2cccc(Cl)c2)c(N)c1. The average Bonchev–Trinajstić information content (AvgIpc) is 2.41. The first-order chi connectivity index (χ1) is 9.80. The predicted octanol–water partition coefficient (Wildman–Crippen LogP) is 3.32. The predicted molar refractivity (Wildman–Crippen MR) is 87.3 cm³/mol. The molecule has 0 radical (unpaired) electrons. The summed E-state index contributed by atoms with van der Waals surface area (Å²) in [6.45, 7) is 0. The van der Waals surface area contributed by atoms with E-state index < -0.39 is 10.0 Å². The number of nitrogen functional groups attached to an aromatic ring is 1. The van der Waals surface area contributed by atoms with E-state index in [1.807, 2.05) is 18.2 Å².